The molecule has 0 rings (SSSR count). The van der Waals surface area contributed by atoms with Crippen LogP contribution >= 0.6 is 0 Å². The van der Waals surface area contributed by atoms with E-state index in [9.17, 15) is 9.59 Å². The Bertz CT molecular complexity index is 207. The number of rotatable bonds is 3. The molecule has 0 saturated carbocycles. The third-order valence-electron chi connectivity index (χ3n) is 1.07. The van der Waals surface area contributed by atoms with Gasteiger partial charge in [-0.15, -0.1) is 0 Å². The van der Waals surface area contributed by atoms with Gasteiger partial charge >= 0.3 is 5.97 Å². The molecule has 11 heavy (non-hydrogen) atoms. The van der Waals surface area contributed by atoms with Crippen LogP contribution in [0.2, 0.25) is 0 Å². The highest BCUT2D eigenvalue weighted by Crippen LogP contribution is 1.96. The lowest BCUT2D eigenvalue weighted by atomic mass is 10.2. The molecule has 3 nitrogen and oxygen atoms in total. The topological polar surface area (TPSA) is 54.4 Å². The fourth-order valence-corrected chi connectivity index (χ4v) is 0.532. The van der Waals surface area contributed by atoms with Crippen LogP contribution in [0, 0.1) is 0 Å². The van der Waals surface area contributed by atoms with E-state index < -0.39 is 11.8 Å². The van der Waals surface area contributed by atoms with Gasteiger partial charge in [-0.3, -0.25) is 4.79 Å². The van der Waals surface area contributed by atoms with E-state index in [1.807, 2.05) is 0 Å². The van der Waals surface area contributed by atoms with Gasteiger partial charge in [0.25, 0.3) is 0 Å². The van der Waals surface area contributed by atoms with Crippen molar-refractivity contribution in [1.29, 1.82) is 0 Å². The van der Waals surface area contributed by atoms with E-state index in [0.29, 0.717) is 0 Å². The molecule has 60 valence electrons. The predicted molar refractivity (Wildman–Crippen MR) is 41.2 cm³/mol. The second-order valence-electron chi connectivity index (χ2n) is 1.97. The number of aliphatic carboxylic acids is 1. The molecule has 0 fully saturated rings. The molecule has 0 atom stereocenters. The largest absolute Gasteiger partial charge is 0.478 e. The molecule has 0 saturated heterocycles. The summed E-state index contributed by atoms with van der Waals surface area (Å²) in [6.07, 6.45) is 4.46. The smallest absolute Gasteiger partial charge is 0.339 e. The summed E-state index contributed by atoms with van der Waals surface area (Å²) in [5.74, 6) is -1.62. The molecule has 0 aliphatic rings. The number of carbonyl (C=O) groups is 2. The van der Waals surface area contributed by atoms with E-state index in [-0.39, 0.29) is 5.57 Å². The van der Waals surface area contributed by atoms with Gasteiger partial charge in [-0.1, -0.05) is 12.2 Å². The van der Waals surface area contributed by atoms with Crippen LogP contribution < -0.4 is 0 Å². The SMILES string of the molecule is C/C=C\C=C(/C(C)=O)C(=O)O. The third kappa shape index (κ3) is 3.35. The lowest BCUT2D eigenvalue weighted by Gasteiger charge is -1.91. The highest BCUT2D eigenvalue weighted by atomic mass is 16.4. The lowest BCUT2D eigenvalue weighted by Crippen LogP contribution is -2.08. The Morgan fingerprint density at radius 1 is 1.36 bits per heavy atom. The zero-order chi connectivity index (χ0) is 8.85. The molecule has 0 aromatic carbocycles. The van der Waals surface area contributed by atoms with Crippen molar-refractivity contribution in [1.82, 2.24) is 0 Å². The fourth-order valence-electron chi connectivity index (χ4n) is 0.532. The van der Waals surface area contributed by atoms with E-state index in [2.05, 4.69) is 0 Å². The van der Waals surface area contributed by atoms with Crippen molar-refractivity contribution in [2.24, 2.45) is 0 Å². The average Bonchev–Trinajstić information content (AvgIpc) is 1.87. The average molecular weight is 154 g/mol. The molecule has 0 radical (unpaired) electrons. The minimum Gasteiger partial charge on any atom is -0.478 e. The number of carboxylic acid groups (broad SMARTS) is 1. The molecular formula is C8H10O3. The van der Waals surface area contributed by atoms with Gasteiger partial charge in [-0.2, -0.15) is 0 Å². The van der Waals surface area contributed by atoms with Crippen LogP contribution in [0.4, 0.5) is 0 Å². The summed E-state index contributed by atoms with van der Waals surface area (Å²) >= 11 is 0. The van der Waals surface area contributed by atoms with E-state index in [4.69, 9.17) is 5.11 Å². The van der Waals surface area contributed by atoms with Crippen molar-refractivity contribution in [3.8, 4) is 0 Å². The Morgan fingerprint density at radius 2 is 1.91 bits per heavy atom. The molecule has 0 spiro atoms. The van der Waals surface area contributed by atoms with Gasteiger partial charge in [0.1, 0.15) is 5.57 Å². The third-order valence-corrected chi connectivity index (χ3v) is 1.07. The standard InChI is InChI=1S/C8H10O3/c1-3-4-5-7(6(2)9)8(10)11/h3-5H,1-2H3,(H,10,11)/b4-3-,7-5+. The van der Waals surface area contributed by atoms with Crippen molar-refractivity contribution < 1.29 is 14.7 Å². The van der Waals surface area contributed by atoms with Gasteiger partial charge in [-0.05, 0) is 19.9 Å². The molecule has 0 aromatic heterocycles. The number of hydrogen-bond donors (Lipinski definition) is 1. The monoisotopic (exact) mass is 154 g/mol. The van der Waals surface area contributed by atoms with Crippen molar-refractivity contribution in [2.45, 2.75) is 13.8 Å². The van der Waals surface area contributed by atoms with Crippen LogP contribution in [0.25, 0.3) is 0 Å². The minimum atomic E-state index is -1.18. The molecule has 3 heteroatoms. The Morgan fingerprint density at radius 3 is 2.18 bits per heavy atom. The van der Waals surface area contributed by atoms with Gasteiger partial charge in [-0.25, -0.2) is 4.79 Å². The van der Waals surface area contributed by atoms with Crippen molar-refractivity contribution in [3.05, 3.63) is 23.8 Å². The van der Waals surface area contributed by atoms with Crippen molar-refractivity contribution in [3.63, 3.8) is 0 Å². The quantitative estimate of drug-likeness (QED) is 0.287. The number of carboxylic acids is 1. The minimum absolute atomic E-state index is 0.192. The summed E-state index contributed by atoms with van der Waals surface area (Å²) in [7, 11) is 0. The highest BCUT2D eigenvalue weighted by molar-refractivity contribution is 6.15. The Hall–Kier alpha value is -1.38. The summed E-state index contributed by atoms with van der Waals surface area (Å²) in [6, 6.07) is 0. The molecule has 0 unspecified atom stereocenters. The molecular weight excluding hydrogens is 144 g/mol. The fraction of sp³-hybridized carbons (Fsp3) is 0.250. The van der Waals surface area contributed by atoms with Gasteiger partial charge in [0.15, 0.2) is 5.78 Å². The summed E-state index contributed by atoms with van der Waals surface area (Å²) in [6.45, 7) is 2.97. The van der Waals surface area contributed by atoms with Crippen LogP contribution in [0.1, 0.15) is 13.8 Å². The molecule has 0 aromatic rings. The van der Waals surface area contributed by atoms with Gasteiger partial charge in [0.2, 0.25) is 0 Å². The Kier molecular flexibility index (Phi) is 3.88. The van der Waals surface area contributed by atoms with E-state index in [0.717, 1.165) is 0 Å². The van der Waals surface area contributed by atoms with Crippen LogP contribution in [0.3, 0.4) is 0 Å². The van der Waals surface area contributed by atoms with Crippen molar-refractivity contribution >= 4 is 11.8 Å². The van der Waals surface area contributed by atoms with Gasteiger partial charge < -0.3 is 5.11 Å². The first-order valence-electron chi connectivity index (χ1n) is 3.16. The summed E-state index contributed by atoms with van der Waals surface area (Å²) in [5, 5.41) is 8.45. The number of carbonyl (C=O) groups excluding carboxylic acids is 1. The van der Waals surface area contributed by atoms with Gasteiger partial charge in [0, 0.05) is 0 Å². The summed E-state index contributed by atoms with van der Waals surface area (Å²) in [4.78, 5) is 20.9. The first kappa shape index (κ1) is 9.62. The number of Topliss-reactive ketones (excluding diaryl/α,β-unsaturated/α-hetero) is 1. The van der Waals surface area contributed by atoms with Crippen LogP contribution in [0.5, 0.6) is 0 Å². The normalized spacial score (nSPS) is 12.0. The van der Waals surface area contributed by atoms with Crippen molar-refractivity contribution in [2.75, 3.05) is 0 Å². The lowest BCUT2D eigenvalue weighted by molar-refractivity contribution is -0.134. The van der Waals surface area contributed by atoms with E-state index in [1.165, 1.54) is 19.1 Å². The van der Waals surface area contributed by atoms with Crippen LogP contribution in [-0.2, 0) is 9.59 Å². The second kappa shape index (κ2) is 4.44. The maximum Gasteiger partial charge on any atom is 0.339 e. The maximum atomic E-state index is 10.6. The van der Waals surface area contributed by atoms with E-state index in [1.54, 1.807) is 13.0 Å². The number of allylic oxidation sites excluding steroid dienone is 3. The Balaban J connectivity index is 4.60. The van der Waals surface area contributed by atoms with Crippen LogP contribution in [0.15, 0.2) is 23.8 Å². The molecule has 0 heterocycles. The zero-order valence-electron chi connectivity index (χ0n) is 6.50. The molecule has 0 bridgehead atoms. The summed E-state index contributed by atoms with van der Waals surface area (Å²) in [5.41, 5.74) is -0.192. The molecule has 0 aliphatic carbocycles. The number of ketones is 1. The predicted octanol–water partition coefficient (Wildman–Crippen LogP) is 1.16. The zero-order valence-corrected chi connectivity index (χ0v) is 6.50. The van der Waals surface area contributed by atoms with E-state index >= 15 is 0 Å². The molecule has 1 N–H and O–H groups in total. The Labute approximate surface area is 65.0 Å². The second-order valence-corrected chi connectivity index (χ2v) is 1.97. The first-order chi connectivity index (χ1) is 5.09. The van der Waals surface area contributed by atoms with Crippen LogP contribution in [-0.4, -0.2) is 16.9 Å². The highest BCUT2D eigenvalue weighted by Gasteiger charge is 2.10. The van der Waals surface area contributed by atoms with Gasteiger partial charge in [0.05, 0.1) is 0 Å². The number of hydrogen-bond acceptors (Lipinski definition) is 2. The first-order valence-corrected chi connectivity index (χ1v) is 3.16. The maximum absolute atomic E-state index is 10.6. The molecule has 0 amide bonds. The summed E-state index contributed by atoms with van der Waals surface area (Å²) < 4.78 is 0. The molecule has 0 aliphatic heterocycles.